The molecule has 3 heteroatoms. The number of H-pyrrole nitrogens is 1. The van der Waals surface area contributed by atoms with Gasteiger partial charge in [-0.05, 0) is 6.92 Å². The van der Waals surface area contributed by atoms with Crippen molar-refractivity contribution in [2.24, 2.45) is 0 Å². The lowest BCUT2D eigenvalue weighted by atomic mass is 10.4. The third-order valence-corrected chi connectivity index (χ3v) is 1.04. The highest BCUT2D eigenvalue weighted by atomic mass is 16.3. The van der Waals surface area contributed by atoms with Crippen LogP contribution in [0.25, 0.3) is 0 Å². The first kappa shape index (κ1) is 9.75. The van der Waals surface area contributed by atoms with Crippen LogP contribution in [0, 0.1) is 6.92 Å². The second kappa shape index (κ2) is 4.55. The van der Waals surface area contributed by atoms with Gasteiger partial charge in [-0.2, -0.15) is 0 Å². The zero-order valence-corrected chi connectivity index (χ0v) is 7.01. The summed E-state index contributed by atoms with van der Waals surface area (Å²) in [6, 6.07) is 1.34. The minimum absolute atomic E-state index is 0.236. The number of aromatic hydroxyl groups is 1. The molecule has 0 saturated carbocycles. The molecule has 3 nitrogen and oxygen atoms in total. The molecule has 0 bridgehead atoms. The molecule has 0 atom stereocenters. The summed E-state index contributed by atoms with van der Waals surface area (Å²) in [5.74, 6) is -0.236. The maximum Gasteiger partial charge on any atom is 0.223 e. The molecule has 0 radical (unpaired) electrons. The Bertz CT molecular complexity index is 265. The summed E-state index contributed by atoms with van der Waals surface area (Å²) < 4.78 is 0. The molecule has 0 fully saturated rings. The zero-order valence-electron chi connectivity index (χ0n) is 7.01. The maximum atomic E-state index is 10.6. The van der Waals surface area contributed by atoms with Gasteiger partial charge < -0.3 is 10.1 Å². The van der Waals surface area contributed by atoms with E-state index in [1.54, 1.807) is 6.92 Å². The third-order valence-electron chi connectivity index (χ3n) is 1.04. The first-order valence-corrected chi connectivity index (χ1v) is 3.58. The topological polar surface area (TPSA) is 53.1 Å². The molecule has 0 aliphatic heterocycles. The van der Waals surface area contributed by atoms with Crippen LogP contribution >= 0.6 is 0 Å². The van der Waals surface area contributed by atoms with E-state index in [4.69, 9.17) is 5.11 Å². The Hall–Kier alpha value is -1.25. The number of hydrogen-bond donors (Lipinski definition) is 2. The SMILES string of the molecule is CC.Cc1cc(=O)c(O)c[nH]1. The maximum absolute atomic E-state index is 10.6. The summed E-state index contributed by atoms with van der Waals surface area (Å²) >= 11 is 0. The van der Waals surface area contributed by atoms with E-state index in [1.807, 2.05) is 13.8 Å². The van der Waals surface area contributed by atoms with E-state index in [0.717, 1.165) is 5.69 Å². The van der Waals surface area contributed by atoms with Gasteiger partial charge in [0, 0.05) is 18.0 Å². The van der Waals surface area contributed by atoms with Crippen molar-refractivity contribution in [1.82, 2.24) is 4.98 Å². The molecule has 1 rings (SSSR count). The molecular weight excluding hydrogens is 142 g/mol. The summed E-state index contributed by atoms with van der Waals surface area (Å²) in [6.45, 7) is 5.75. The Labute approximate surface area is 65.7 Å². The van der Waals surface area contributed by atoms with Gasteiger partial charge in [0.15, 0.2) is 5.75 Å². The van der Waals surface area contributed by atoms with E-state index in [0.29, 0.717) is 0 Å². The first-order valence-electron chi connectivity index (χ1n) is 3.58. The Morgan fingerprint density at radius 2 is 2.00 bits per heavy atom. The molecule has 0 aliphatic carbocycles. The van der Waals surface area contributed by atoms with Gasteiger partial charge in [0.1, 0.15) is 0 Å². The summed E-state index contributed by atoms with van der Waals surface area (Å²) in [5.41, 5.74) is 0.407. The van der Waals surface area contributed by atoms with E-state index >= 15 is 0 Å². The number of nitrogens with one attached hydrogen (secondary N) is 1. The normalized spacial score (nSPS) is 8.27. The van der Waals surface area contributed by atoms with Gasteiger partial charge in [-0.25, -0.2) is 0 Å². The van der Waals surface area contributed by atoms with Crippen LogP contribution in [-0.4, -0.2) is 10.1 Å². The van der Waals surface area contributed by atoms with Crippen molar-refractivity contribution in [2.45, 2.75) is 20.8 Å². The third kappa shape index (κ3) is 2.89. The molecule has 0 spiro atoms. The number of aromatic amines is 1. The molecule has 0 saturated heterocycles. The van der Waals surface area contributed by atoms with Crippen LogP contribution in [-0.2, 0) is 0 Å². The van der Waals surface area contributed by atoms with E-state index in [9.17, 15) is 4.79 Å². The fourth-order valence-electron chi connectivity index (χ4n) is 0.566. The molecule has 2 N–H and O–H groups in total. The molecule has 0 aromatic carbocycles. The predicted octanol–water partition coefficient (Wildman–Crippen LogP) is 1.42. The minimum Gasteiger partial charge on any atom is -0.503 e. The van der Waals surface area contributed by atoms with Crippen LogP contribution in [0.4, 0.5) is 0 Å². The van der Waals surface area contributed by atoms with Gasteiger partial charge in [-0.1, -0.05) is 13.8 Å². The van der Waals surface area contributed by atoms with Crippen LogP contribution in [0.1, 0.15) is 19.5 Å². The molecule has 1 aromatic rings. The lowest BCUT2D eigenvalue weighted by molar-refractivity contribution is 0.467. The summed E-state index contributed by atoms with van der Waals surface area (Å²) in [5, 5.41) is 8.70. The lowest BCUT2D eigenvalue weighted by Crippen LogP contribution is -1.99. The van der Waals surface area contributed by atoms with E-state index in [1.165, 1.54) is 12.3 Å². The largest absolute Gasteiger partial charge is 0.503 e. The van der Waals surface area contributed by atoms with Crippen molar-refractivity contribution in [3.63, 3.8) is 0 Å². The molecule has 0 amide bonds. The van der Waals surface area contributed by atoms with Crippen LogP contribution in [0.3, 0.4) is 0 Å². The average Bonchev–Trinajstić information content (AvgIpc) is 2.02. The van der Waals surface area contributed by atoms with E-state index in [-0.39, 0.29) is 11.2 Å². The molecule has 0 aliphatic rings. The second-order valence-electron chi connectivity index (χ2n) is 1.87. The van der Waals surface area contributed by atoms with Gasteiger partial charge in [0.05, 0.1) is 0 Å². The fraction of sp³-hybridized carbons (Fsp3) is 0.375. The van der Waals surface area contributed by atoms with Crippen LogP contribution in [0.15, 0.2) is 17.1 Å². The summed E-state index contributed by atoms with van der Waals surface area (Å²) in [7, 11) is 0. The smallest absolute Gasteiger partial charge is 0.223 e. The van der Waals surface area contributed by atoms with Crippen molar-refractivity contribution in [2.75, 3.05) is 0 Å². The Morgan fingerprint density at radius 3 is 2.36 bits per heavy atom. The van der Waals surface area contributed by atoms with Gasteiger partial charge in [-0.15, -0.1) is 0 Å². The van der Waals surface area contributed by atoms with Crippen molar-refractivity contribution in [3.8, 4) is 5.75 Å². The zero-order chi connectivity index (χ0) is 8.85. The van der Waals surface area contributed by atoms with Crippen molar-refractivity contribution in [1.29, 1.82) is 0 Å². The highest BCUT2D eigenvalue weighted by Crippen LogP contribution is 1.95. The Balaban J connectivity index is 0.000000461. The molecule has 1 aromatic heterocycles. The highest BCUT2D eigenvalue weighted by molar-refractivity contribution is 5.17. The van der Waals surface area contributed by atoms with Gasteiger partial charge >= 0.3 is 0 Å². The van der Waals surface area contributed by atoms with Crippen LogP contribution < -0.4 is 5.43 Å². The number of hydrogen-bond acceptors (Lipinski definition) is 2. The summed E-state index contributed by atoms with van der Waals surface area (Å²) in [6.07, 6.45) is 1.28. The highest BCUT2D eigenvalue weighted by Gasteiger charge is 1.92. The van der Waals surface area contributed by atoms with Crippen LogP contribution in [0.2, 0.25) is 0 Å². The fourth-order valence-corrected chi connectivity index (χ4v) is 0.566. The van der Waals surface area contributed by atoms with Gasteiger partial charge in [-0.3, -0.25) is 4.79 Å². The second-order valence-corrected chi connectivity index (χ2v) is 1.87. The lowest BCUT2D eigenvalue weighted by Gasteiger charge is -1.90. The van der Waals surface area contributed by atoms with Crippen molar-refractivity contribution in [3.05, 3.63) is 28.2 Å². The van der Waals surface area contributed by atoms with Crippen molar-refractivity contribution >= 4 is 0 Å². The number of aryl methyl sites for hydroxylation is 1. The monoisotopic (exact) mass is 155 g/mol. The Kier molecular flexibility index (Phi) is 4.03. The average molecular weight is 155 g/mol. The standard InChI is InChI=1S/C6H7NO2.C2H6/c1-4-2-5(8)6(9)3-7-4;1-2/h2-3,9H,1H3,(H,7,8);1-2H3. The van der Waals surface area contributed by atoms with Gasteiger partial charge in [0.2, 0.25) is 5.43 Å². The quantitative estimate of drug-likeness (QED) is 0.595. The predicted molar refractivity (Wildman–Crippen MR) is 44.8 cm³/mol. The Morgan fingerprint density at radius 1 is 1.45 bits per heavy atom. The minimum atomic E-state index is -0.341. The molecule has 1 heterocycles. The van der Waals surface area contributed by atoms with Gasteiger partial charge in [0.25, 0.3) is 0 Å². The van der Waals surface area contributed by atoms with E-state index in [2.05, 4.69) is 4.98 Å². The molecule has 62 valence electrons. The first-order chi connectivity index (χ1) is 5.20. The van der Waals surface area contributed by atoms with Crippen LogP contribution in [0.5, 0.6) is 5.75 Å². The van der Waals surface area contributed by atoms with Crippen molar-refractivity contribution < 1.29 is 5.11 Å². The number of rotatable bonds is 0. The molecule has 11 heavy (non-hydrogen) atoms. The molecular formula is C8H13NO2. The summed E-state index contributed by atoms with van der Waals surface area (Å²) in [4.78, 5) is 13.3. The number of aromatic nitrogens is 1. The number of pyridine rings is 1. The van der Waals surface area contributed by atoms with E-state index < -0.39 is 0 Å². The molecule has 0 unspecified atom stereocenters.